The van der Waals surface area contributed by atoms with Crippen LogP contribution in [0.15, 0.2) is 0 Å². The molecule has 0 saturated carbocycles. The largest absolute Gasteiger partial charge is 0.480 e. The van der Waals surface area contributed by atoms with Crippen LogP contribution in [0.5, 0.6) is 0 Å². The zero-order valence-electron chi connectivity index (χ0n) is 13.0. The van der Waals surface area contributed by atoms with Gasteiger partial charge >= 0.3 is 12.1 Å². The van der Waals surface area contributed by atoms with Crippen LogP contribution in [0.3, 0.4) is 0 Å². The Labute approximate surface area is 129 Å². The van der Waals surface area contributed by atoms with Crippen LogP contribution < -0.4 is 5.32 Å². The monoisotopic (exact) mass is 323 g/mol. The molecule has 8 heteroatoms. The van der Waals surface area contributed by atoms with Gasteiger partial charge in [0.1, 0.15) is 11.6 Å². The third kappa shape index (κ3) is 12.5. The highest BCUT2D eigenvalue weighted by Crippen LogP contribution is 2.08. The summed E-state index contributed by atoms with van der Waals surface area (Å²) in [7, 11) is 1.60. The molecule has 7 nitrogen and oxygen atoms in total. The molecule has 0 bridgehead atoms. The third-order valence-corrected chi connectivity index (χ3v) is 3.10. The Balaban J connectivity index is 3.93. The molecule has 0 aromatic rings. The molecule has 0 aliphatic rings. The fourth-order valence-electron chi connectivity index (χ4n) is 1.19. The average molecular weight is 323 g/mol. The van der Waals surface area contributed by atoms with Crippen molar-refractivity contribution in [3.63, 3.8) is 0 Å². The lowest BCUT2D eigenvalue weighted by Crippen LogP contribution is -2.45. The number of carboxylic acid groups (broad SMARTS) is 1. The van der Waals surface area contributed by atoms with E-state index in [0.717, 1.165) is 0 Å². The predicted molar refractivity (Wildman–Crippen MR) is 80.8 cm³/mol. The van der Waals surface area contributed by atoms with Crippen molar-refractivity contribution < 1.29 is 28.9 Å². The van der Waals surface area contributed by atoms with Gasteiger partial charge in [-0.3, -0.25) is 0 Å². The number of amides is 1. The van der Waals surface area contributed by atoms with E-state index in [1.54, 1.807) is 27.9 Å². The first-order chi connectivity index (χ1) is 9.76. The van der Waals surface area contributed by atoms with E-state index in [4.69, 9.17) is 19.3 Å². The first-order valence-electron chi connectivity index (χ1n) is 6.63. The van der Waals surface area contributed by atoms with Gasteiger partial charge in [0.15, 0.2) is 0 Å². The maximum absolute atomic E-state index is 11.5. The summed E-state index contributed by atoms with van der Waals surface area (Å²) in [5.41, 5.74) is -0.657. The maximum atomic E-state index is 11.5. The van der Waals surface area contributed by atoms with Crippen LogP contribution in [0.4, 0.5) is 4.79 Å². The number of methoxy groups -OCH3 is 1. The van der Waals surface area contributed by atoms with Gasteiger partial charge in [-0.25, -0.2) is 9.59 Å². The van der Waals surface area contributed by atoms with Crippen molar-refractivity contribution in [2.75, 3.05) is 38.4 Å². The van der Waals surface area contributed by atoms with Crippen LogP contribution in [-0.4, -0.2) is 67.2 Å². The molecule has 0 radical (unpaired) electrons. The van der Waals surface area contributed by atoms with E-state index in [9.17, 15) is 9.59 Å². The number of carbonyl (C=O) groups is 2. The van der Waals surface area contributed by atoms with Crippen LogP contribution >= 0.6 is 11.8 Å². The van der Waals surface area contributed by atoms with Gasteiger partial charge in [-0.1, -0.05) is 0 Å². The van der Waals surface area contributed by atoms with Gasteiger partial charge in [0, 0.05) is 18.6 Å². The number of nitrogens with one attached hydrogen (secondary N) is 1. The SMILES string of the molecule is COCCOCCSCC(NC(=O)OC(C)(C)C)C(=O)O. The van der Waals surface area contributed by atoms with E-state index in [2.05, 4.69) is 5.32 Å². The zero-order chi connectivity index (χ0) is 16.3. The molecule has 124 valence electrons. The van der Waals surface area contributed by atoms with Crippen molar-refractivity contribution >= 4 is 23.8 Å². The fourth-order valence-corrected chi connectivity index (χ4v) is 2.05. The molecule has 0 fully saturated rings. The molecule has 0 aliphatic heterocycles. The molecular formula is C13H25NO6S. The summed E-state index contributed by atoms with van der Waals surface area (Å²) in [4.78, 5) is 22.6. The number of aliphatic carboxylic acids is 1. The van der Waals surface area contributed by atoms with E-state index in [0.29, 0.717) is 25.6 Å². The molecule has 0 aliphatic carbocycles. The van der Waals surface area contributed by atoms with Crippen LogP contribution in [-0.2, 0) is 19.0 Å². The lowest BCUT2D eigenvalue weighted by Gasteiger charge is -2.21. The minimum Gasteiger partial charge on any atom is -0.480 e. The maximum Gasteiger partial charge on any atom is 0.408 e. The fraction of sp³-hybridized carbons (Fsp3) is 0.846. The number of hydrogen-bond acceptors (Lipinski definition) is 6. The Bertz CT molecular complexity index is 318. The normalized spacial score (nSPS) is 12.8. The van der Waals surface area contributed by atoms with Crippen molar-refractivity contribution in [3.05, 3.63) is 0 Å². The number of carboxylic acids is 1. The Kier molecular flexibility index (Phi) is 10.2. The van der Waals surface area contributed by atoms with Gasteiger partial charge in [0.25, 0.3) is 0 Å². The summed E-state index contributed by atoms with van der Waals surface area (Å²) in [6.07, 6.45) is -0.730. The van der Waals surface area contributed by atoms with Crippen molar-refractivity contribution in [1.82, 2.24) is 5.32 Å². The Morgan fingerprint density at radius 2 is 1.90 bits per heavy atom. The van der Waals surface area contributed by atoms with Crippen LogP contribution in [0.25, 0.3) is 0 Å². The second-order valence-corrected chi connectivity index (χ2v) is 6.37. The second kappa shape index (κ2) is 10.7. The summed E-state index contributed by atoms with van der Waals surface area (Å²) in [5.74, 6) is -0.195. The molecule has 0 aromatic heterocycles. The first kappa shape index (κ1) is 20.0. The second-order valence-electron chi connectivity index (χ2n) is 5.22. The number of thioether (sulfide) groups is 1. The van der Waals surface area contributed by atoms with Crippen molar-refractivity contribution in [1.29, 1.82) is 0 Å². The number of rotatable bonds is 10. The van der Waals surface area contributed by atoms with Crippen LogP contribution in [0.1, 0.15) is 20.8 Å². The smallest absolute Gasteiger partial charge is 0.408 e. The van der Waals surface area contributed by atoms with E-state index < -0.39 is 23.7 Å². The van der Waals surface area contributed by atoms with E-state index in [-0.39, 0.29) is 5.75 Å². The topological polar surface area (TPSA) is 94.1 Å². The van der Waals surface area contributed by atoms with Crippen molar-refractivity contribution in [2.45, 2.75) is 32.4 Å². The summed E-state index contributed by atoms with van der Waals surface area (Å²) in [5, 5.41) is 11.4. The van der Waals surface area contributed by atoms with Crippen molar-refractivity contribution in [3.8, 4) is 0 Å². The molecule has 1 unspecified atom stereocenters. The zero-order valence-corrected chi connectivity index (χ0v) is 13.8. The number of hydrogen-bond donors (Lipinski definition) is 2. The summed E-state index contributed by atoms with van der Waals surface area (Å²) >= 11 is 1.39. The highest BCUT2D eigenvalue weighted by atomic mass is 32.2. The molecule has 0 aromatic carbocycles. The minimum atomic E-state index is -1.09. The molecular weight excluding hydrogens is 298 g/mol. The predicted octanol–water partition coefficient (Wildman–Crippen LogP) is 1.36. The van der Waals surface area contributed by atoms with Gasteiger partial charge in [0.05, 0.1) is 19.8 Å². The number of ether oxygens (including phenoxy) is 3. The molecule has 1 atom stereocenters. The first-order valence-corrected chi connectivity index (χ1v) is 7.78. The molecule has 21 heavy (non-hydrogen) atoms. The van der Waals surface area contributed by atoms with Crippen LogP contribution in [0, 0.1) is 0 Å². The summed E-state index contributed by atoms with van der Waals surface area (Å²) in [6.45, 7) is 6.70. The lowest BCUT2D eigenvalue weighted by atomic mass is 10.2. The highest BCUT2D eigenvalue weighted by Gasteiger charge is 2.23. The molecule has 1 amide bonds. The van der Waals surface area contributed by atoms with Gasteiger partial charge in [0.2, 0.25) is 0 Å². The highest BCUT2D eigenvalue weighted by molar-refractivity contribution is 7.99. The number of alkyl carbamates (subject to hydrolysis) is 1. The molecule has 0 spiro atoms. The Morgan fingerprint density at radius 3 is 2.43 bits per heavy atom. The third-order valence-electron chi connectivity index (χ3n) is 2.08. The van der Waals surface area contributed by atoms with Gasteiger partial charge in [-0.05, 0) is 20.8 Å². The Hall–Kier alpha value is -0.990. The molecule has 0 heterocycles. The molecule has 0 rings (SSSR count). The van der Waals surface area contributed by atoms with Gasteiger partial charge in [-0.15, -0.1) is 0 Å². The van der Waals surface area contributed by atoms with E-state index in [1.165, 1.54) is 11.8 Å². The van der Waals surface area contributed by atoms with Crippen LogP contribution in [0.2, 0.25) is 0 Å². The lowest BCUT2D eigenvalue weighted by molar-refractivity contribution is -0.138. The molecule has 0 saturated heterocycles. The standard InChI is InChI=1S/C13H25NO6S/c1-13(2,3)20-12(17)14-10(11(15)16)9-21-8-7-19-6-5-18-4/h10H,5-9H2,1-4H3,(H,14,17)(H,15,16). The number of carbonyl (C=O) groups excluding carboxylic acids is 1. The quantitative estimate of drug-likeness (QED) is 0.586. The van der Waals surface area contributed by atoms with E-state index >= 15 is 0 Å². The molecule has 2 N–H and O–H groups in total. The van der Waals surface area contributed by atoms with E-state index in [1.807, 2.05) is 0 Å². The average Bonchev–Trinajstić information content (AvgIpc) is 2.33. The van der Waals surface area contributed by atoms with Gasteiger partial charge < -0.3 is 24.6 Å². The summed E-state index contributed by atoms with van der Waals surface area (Å²) < 4.78 is 15.1. The van der Waals surface area contributed by atoms with Crippen molar-refractivity contribution in [2.24, 2.45) is 0 Å². The summed E-state index contributed by atoms with van der Waals surface area (Å²) in [6, 6.07) is -0.983. The van der Waals surface area contributed by atoms with Gasteiger partial charge in [-0.2, -0.15) is 11.8 Å². The minimum absolute atomic E-state index is 0.252. The Morgan fingerprint density at radius 1 is 1.24 bits per heavy atom.